The SMILES string of the molecule is CN(C)CCCN1Cc2c(cccc2N(C)C)C1CN. The molecule has 1 aliphatic rings. The van der Waals surface area contributed by atoms with E-state index in [9.17, 15) is 0 Å². The van der Waals surface area contributed by atoms with Crippen LogP contribution in [0, 0.1) is 0 Å². The summed E-state index contributed by atoms with van der Waals surface area (Å²) in [6.07, 6.45) is 1.19. The highest BCUT2D eigenvalue weighted by Gasteiger charge is 2.30. The van der Waals surface area contributed by atoms with Gasteiger partial charge in [-0.2, -0.15) is 0 Å². The number of rotatable bonds is 6. The van der Waals surface area contributed by atoms with Gasteiger partial charge in [-0.25, -0.2) is 0 Å². The second-order valence-corrected chi connectivity index (χ2v) is 6.12. The molecule has 4 heteroatoms. The lowest BCUT2D eigenvalue weighted by molar-refractivity contribution is 0.208. The van der Waals surface area contributed by atoms with Crippen LogP contribution in [0.4, 0.5) is 5.69 Å². The number of anilines is 1. The summed E-state index contributed by atoms with van der Waals surface area (Å²) in [5.41, 5.74) is 10.2. The number of hydrogen-bond donors (Lipinski definition) is 1. The fraction of sp³-hybridized carbons (Fsp3) is 0.625. The fourth-order valence-electron chi connectivity index (χ4n) is 3.11. The quantitative estimate of drug-likeness (QED) is 0.854. The maximum Gasteiger partial charge on any atom is 0.0478 e. The smallest absolute Gasteiger partial charge is 0.0478 e. The molecule has 0 amide bonds. The molecule has 2 N–H and O–H groups in total. The Labute approximate surface area is 123 Å². The van der Waals surface area contributed by atoms with Crippen LogP contribution in [0.2, 0.25) is 0 Å². The van der Waals surface area contributed by atoms with Gasteiger partial charge in [0.15, 0.2) is 0 Å². The number of nitrogens with zero attached hydrogens (tertiary/aromatic N) is 3. The first-order valence-electron chi connectivity index (χ1n) is 7.42. The van der Waals surface area contributed by atoms with Crippen molar-refractivity contribution in [2.75, 3.05) is 52.7 Å². The molecule has 0 saturated carbocycles. The van der Waals surface area contributed by atoms with E-state index in [-0.39, 0.29) is 0 Å². The number of hydrogen-bond acceptors (Lipinski definition) is 4. The van der Waals surface area contributed by atoms with Crippen LogP contribution in [0.15, 0.2) is 18.2 Å². The lowest BCUT2D eigenvalue weighted by atomic mass is 10.0. The molecule has 1 atom stereocenters. The van der Waals surface area contributed by atoms with Gasteiger partial charge in [0.1, 0.15) is 0 Å². The number of benzene rings is 1. The average Bonchev–Trinajstić information content (AvgIpc) is 2.75. The molecule has 2 rings (SSSR count). The van der Waals surface area contributed by atoms with E-state index in [0.717, 1.165) is 19.6 Å². The average molecular weight is 276 g/mol. The van der Waals surface area contributed by atoms with Gasteiger partial charge < -0.3 is 15.5 Å². The van der Waals surface area contributed by atoms with Crippen LogP contribution in [0.5, 0.6) is 0 Å². The van der Waals surface area contributed by atoms with Crippen molar-refractivity contribution < 1.29 is 0 Å². The standard InChI is InChI=1S/C16H28N4/c1-18(2)9-6-10-20-12-14-13(16(20)11-17)7-5-8-15(14)19(3)4/h5,7-8,16H,6,9-12,17H2,1-4H3. The molecule has 1 aliphatic heterocycles. The van der Waals surface area contributed by atoms with Crippen molar-refractivity contribution in [3.8, 4) is 0 Å². The van der Waals surface area contributed by atoms with Crippen molar-refractivity contribution >= 4 is 5.69 Å². The number of fused-ring (bicyclic) bond motifs is 1. The van der Waals surface area contributed by atoms with Crippen molar-refractivity contribution in [3.63, 3.8) is 0 Å². The zero-order valence-corrected chi connectivity index (χ0v) is 13.3. The molecule has 0 radical (unpaired) electrons. The van der Waals surface area contributed by atoms with Gasteiger partial charge in [-0.3, -0.25) is 4.90 Å². The highest BCUT2D eigenvalue weighted by molar-refractivity contribution is 5.58. The zero-order valence-electron chi connectivity index (χ0n) is 13.3. The van der Waals surface area contributed by atoms with E-state index in [2.05, 4.69) is 61.1 Å². The summed E-state index contributed by atoms with van der Waals surface area (Å²) in [6.45, 7) is 3.97. The third kappa shape index (κ3) is 3.14. The second kappa shape index (κ2) is 6.57. The normalized spacial score (nSPS) is 18.6. The largest absolute Gasteiger partial charge is 0.377 e. The predicted molar refractivity (Wildman–Crippen MR) is 86.1 cm³/mol. The molecular formula is C16H28N4. The molecular weight excluding hydrogens is 248 g/mol. The Kier molecular flexibility index (Phi) is 5.02. The van der Waals surface area contributed by atoms with Crippen molar-refractivity contribution in [2.24, 2.45) is 5.73 Å². The van der Waals surface area contributed by atoms with Gasteiger partial charge in [-0.15, -0.1) is 0 Å². The summed E-state index contributed by atoms with van der Waals surface area (Å²) in [4.78, 5) is 6.98. The van der Waals surface area contributed by atoms with Crippen LogP contribution in [0.1, 0.15) is 23.6 Å². The molecule has 112 valence electrons. The first-order valence-corrected chi connectivity index (χ1v) is 7.42. The van der Waals surface area contributed by atoms with Crippen LogP contribution >= 0.6 is 0 Å². The summed E-state index contributed by atoms with van der Waals surface area (Å²) in [6, 6.07) is 6.98. The molecule has 4 nitrogen and oxygen atoms in total. The lowest BCUT2D eigenvalue weighted by Crippen LogP contribution is -2.30. The minimum atomic E-state index is 0.382. The molecule has 1 aromatic rings. The monoisotopic (exact) mass is 276 g/mol. The Morgan fingerprint density at radius 2 is 2.00 bits per heavy atom. The van der Waals surface area contributed by atoms with Gasteiger partial charge in [-0.1, -0.05) is 12.1 Å². The topological polar surface area (TPSA) is 35.7 Å². The van der Waals surface area contributed by atoms with Crippen molar-refractivity contribution in [1.82, 2.24) is 9.80 Å². The van der Waals surface area contributed by atoms with Gasteiger partial charge in [0.25, 0.3) is 0 Å². The van der Waals surface area contributed by atoms with Crippen molar-refractivity contribution in [1.29, 1.82) is 0 Å². The van der Waals surface area contributed by atoms with E-state index in [1.54, 1.807) is 0 Å². The van der Waals surface area contributed by atoms with E-state index < -0.39 is 0 Å². The van der Waals surface area contributed by atoms with Gasteiger partial charge >= 0.3 is 0 Å². The van der Waals surface area contributed by atoms with E-state index in [0.29, 0.717) is 12.6 Å². The molecule has 0 fully saturated rings. The minimum Gasteiger partial charge on any atom is -0.377 e. The Hall–Kier alpha value is -1.10. The molecule has 0 aromatic heterocycles. The third-order valence-corrected chi connectivity index (χ3v) is 4.10. The molecule has 0 spiro atoms. The van der Waals surface area contributed by atoms with Crippen molar-refractivity contribution in [2.45, 2.75) is 19.0 Å². The van der Waals surface area contributed by atoms with Gasteiger partial charge in [0.05, 0.1) is 0 Å². The van der Waals surface area contributed by atoms with Crippen LogP contribution in [0.3, 0.4) is 0 Å². The van der Waals surface area contributed by atoms with E-state index >= 15 is 0 Å². The summed E-state index contributed by atoms with van der Waals surface area (Å²) < 4.78 is 0. The van der Waals surface area contributed by atoms with Crippen molar-refractivity contribution in [3.05, 3.63) is 29.3 Å². The lowest BCUT2D eigenvalue weighted by Gasteiger charge is -2.24. The Balaban J connectivity index is 2.14. The predicted octanol–water partition coefficient (Wildman–Crippen LogP) is 1.52. The molecule has 0 bridgehead atoms. The van der Waals surface area contributed by atoms with Gasteiger partial charge in [0, 0.05) is 45.5 Å². The summed E-state index contributed by atoms with van der Waals surface area (Å²) in [5.74, 6) is 0. The first kappa shape index (κ1) is 15.3. The maximum atomic E-state index is 6.03. The summed E-state index contributed by atoms with van der Waals surface area (Å²) in [5, 5.41) is 0. The van der Waals surface area contributed by atoms with Crippen LogP contribution in [0.25, 0.3) is 0 Å². The Bertz CT molecular complexity index is 442. The van der Waals surface area contributed by atoms with E-state index in [4.69, 9.17) is 5.73 Å². The van der Waals surface area contributed by atoms with Crippen LogP contribution in [-0.2, 0) is 6.54 Å². The van der Waals surface area contributed by atoms with Gasteiger partial charge in [0.2, 0.25) is 0 Å². The third-order valence-electron chi connectivity index (χ3n) is 4.10. The molecule has 0 saturated heterocycles. The number of nitrogens with two attached hydrogens (primary N) is 1. The maximum absolute atomic E-state index is 6.03. The Morgan fingerprint density at radius 3 is 2.60 bits per heavy atom. The minimum absolute atomic E-state index is 0.382. The van der Waals surface area contributed by atoms with E-state index in [1.807, 2.05) is 0 Å². The van der Waals surface area contributed by atoms with Crippen LogP contribution < -0.4 is 10.6 Å². The van der Waals surface area contributed by atoms with Gasteiger partial charge in [-0.05, 0) is 44.3 Å². The molecule has 1 heterocycles. The summed E-state index contributed by atoms with van der Waals surface area (Å²) in [7, 11) is 8.48. The molecule has 20 heavy (non-hydrogen) atoms. The van der Waals surface area contributed by atoms with Crippen LogP contribution in [-0.4, -0.2) is 57.6 Å². The zero-order chi connectivity index (χ0) is 14.7. The highest BCUT2D eigenvalue weighted by Crippen LogP contribution is 2.37. The summed E-state index contributed by atoms with van der Waals surface area (Å²) >= 11 is 0. The fourth-order valence-corrected chi connectivity index (χ4v) is 3.11. The first-order chi connectivity index (χ1) is 9.54. The highest BCUT2D eigenvalue weighted by atomic mass is 15.2. The van der Waals surface area contributed by atoms with E-state index in [1.165, 1.54) is 23.2 Å². The molecule has 0 aliphatic carbocycles. The Morgan fingerprint density at radius 1 is 1.25 bits per heavy atom. The molecule has 1 aromatic carbocycles. The molecule has 1 unspecified atom stereocenters. The second-order valence-electron chi connectivity index (χ2n) is 6.12.